The van der Waals surface area contributed by atoms with Crippen LogP contribution in [0.1, 0.15) is 64.2 Å². The summed E-state index contributed by atoms with van der Waals surface area (Å²) in [5, 5.41) is 0. The fourth-order valence-corrected chi connectivity index (χ4v) is 3.60. The molecule has 1 rings (SSSR count). The summed E-state index contributed by atoms with van der Waals surface area (Å²) in [7, 11) is 1.44. The van der Waals surface area contributed by atoms with Crippen LogP contribution in [-0.2, 0) is 14.3 Å². The second-order valence-corrected chi connectivity index (χ2v) is 7.22. The molecule has 0 aromatic carbocycles. The molecule has 1 fully saturated rings. The van der Waals surface area contributed by atoms with Crippen LogP contribution in [0.5, 0.6) is 0 Å². The van der Waals surface area contributed by atoms with Crippen molar-refractivity contribution in [2.75, 3.05) is 19.4 Å². The molecule has 0 radical (unpaired) electrons. The topological polar surface area (TPSA) is 46.6 Å². The third-order valence-electron chi connectivity index (χ3n) is 3.83. The van der Waals surface area contributed by atoms with Gasteiger partial charge in [-0.1, -0.05) is 68.9 Å². The molecule has 1 saturated heterocycles. The lowest BCUT2D eigenvalue weighted by Gasteiger charge is -2.14. The SMILES string of the molecule is COC(=O)CCCCCCCCCCCN1C(=O)CSC1=S. The lowest BCUT2D eigenvalue weighted by atomic mass is 10.1. The van der Waals surface area contributed by atoms with Gasteiger partial charge in [-0.05, 0) is 12.8 Å². The average Bonchev–Trinajstić information content (AvgIpc) is 2.83. The Kier molecular flexibility index (Phi) is 10.5. The van der Waals surface area contributed by atoms with E-state index in [1.165, 1.54) is 57.4 Å². The highest BCUT2D eigenvalue weighted by molar-refractivity contribution is 8.23. The van der Waals surface area contributed by atoms with Crippen molar-refractivity contribution in [2.45, 2.75) is 64.2 Å². The first-order chi connectivity index (χ1) is 10.6. The number of thioether (sulfide) groups is 1. The van der Waals surface area contributed by atoms with Crippen molar-refractivity contribution in [1.29, 1.82) is 0 Å². The summed E-state index contributed by atoms with van der Waals surface area (Å²) in [5.74, 6) is 0.589. The maximum atomic E-state index is 11.5. The summed E-state index contributed by atoms with van der Waals surface area (Å²) < 4.78 is 5.36. The van der Waals surface area contributed by atoms with Crippen LogP contribution in [0.4, 0.5) is 0 Å². The molecule has 1 amide bonds. The Balaban J connectivity index is 1.83. The molecule has 0 aliphatic carbocycles. The summed E-state index contributed by atoms with van der Waals surface area (Å²) in [6.07, 6.45) is 11.0. The molecule has 1 aliphatic heterocycles. The quantitative estimate of drug-likeness (QED) is 0.305. The van der Waals surface area contributed by atoms with Crippen molar-refractivity contribution < 1.29 is 14.3 Å². The molecule has 126 valence electrons. The van der Waals surface area contributed by atoms with Crippen molar-refractivity contribution in [3.63, 3.8) is 0 Å². The number of rotatable bonds is 12. The van der Waals surface area contributed by atoms with E-state index in [2.05, 4.69) is 4.74 Å². The normalized spacial score (nSPS) is 14.7. The number of nitrogens with zero attached hydrogens (tertiary/aromatic N) is 1. The number of hydrogen-bond acceptors (Lipinski definition) is 5. The zero-order valence-corrected chi connectivity index (χ0v) is 15.1. The summed E-state index contributed by atoms with van der Waals surface area (Å²) in [5.41, 5.74) is 0. The number of unbranched alkanes of at least 4 members (excludes halogenated alkanes) is 8. The summed E-state index contributed by atoms with van der Waals surface area (Å²) in [6, 6.07) is 0. The highest BCUT2D eigenvalue weighted by Gasteiger charge is 2.25. The van der Waals surface area contributed by atoms with Crippen LogP contribution in [0.15, 0.2) is 0 Å². The summed E-state index contributed by atoms with van der Waals surface area (Å²) in [6.45, 7) is 0.790. The summed E-state index contributed by atoms with van der Waals surface area (Å²) >= 11 is 6.63. The van der Waals surface area contributed by atoms with Crippen LogP contribution >= 0.6 is 24.0 Å². The highest BCUT2D eigenvalue weighted by atomic mass is 32.2. The molecule has 4 nitrogen and oxygen atoms in total. The van der Waals surface area contributed by atoms with Gasteiger partial charge in [0.1, 0.15) is 4.32 Å². The summed E-state index contributed by atoms with van der Waals surface area (Å²) in [4.78, 5) is 24.2. The monoisotopic (exact) mass is 345 g/mol. The molecule has 0 atom stereocenters. The molecule has 6 heteroatoms. The number of methoxy groups -OCH3 is 1. The average molecular weight is 346 g/mol. The smallest absolute Gasteiger partial charge is 0.305 e. The van der Waals surface area contributed by atoms with Gasteiger partial charge in [0.2, 0.25) is 5.91 Å². The van der Waals surface area contributed by atoms with E-state index in [9.17, 15) is 9.59 Å². The van der Waals surface area contributed by atoms with Gasteiger partial charge in [0.05, 0.1) is 12.9 Å². The van der Waals surface area contributed by atoms with E-state index in [4.69, 9.17) is 12.2 Å². The number of ether oxygens (including phenoxy) is 1. The van der Waals surface area contributed by atoms with E-state index >= 15 is 0 Å². The number of carbonyl (C=O) groups is 2. The van der Waals surface area contributed by atoms with Crippen LogP contribution in [0.2, 0.25) is 0 Å². The van der Waals surface area contributed by atoms with Crippen LogP contribution < -0.4 is 0 Å². The molecule has 0 bridgehead atoms. The molecule has 0 N–H and O–H groups in total. The minimum Gasteiger partial charge on any atom is -0.469 e. The first-order valence-corrected chi connectivity index (χ1v) is 9.58. The van der Waals surface area contributed by atoms with Crippen molar-refractivity contribution in [2.24, 2.45) is 0 Å². The van der Waals surface area contributed by atoms with E-state index in [0.717, 1.165) is 30.1 Å². The Morgan fingerprint density at radius 1 is 1.09 bits per heavy atom. The predicted octanol–water partition coefficient (Wildman–Crippen LogP) is 3.92. The van der Waals surface area contributed by atoms with Gasteiger partial charge >= 0.3 is 5.97 Å². The Hall–Kier alpha value is -0.620. The molecule has 22 heavy (non-hydrogen) atoms. The fraction of sp³-hybridized carbons (Fsp3) is 0.812. The van der Waals surface area contributed by atoms with Crippen molar-refractivity contribution in [3.05, 3.63) is 0 Å². The van der Waals surface area contributed by atoms with Crippen molar-refractivity contribution in [3.8, 4) is 0 Å². The number of hydrogen-bond donors (Lipinski definition) is 0. The van der Waals surface area contributed by atoms with Gasteiger partial charge in [-0.25, -0.2) is 0 Å². The molecular weight excluding hydrogens is 318 g/mol. The zero-order chi connectivity index (χ0) is 16.2. The largest absolute Gasteiger partial charge is 0.469 e. The van der Waals surface area contributed by atoms with E-state index in [1.54, 1.807) is 4.90 Å². The number of carbonyl (C=O) groups excluding carboxylic acids is 2. The van der Waals surface area contributed by atoms with Crippen molar-refractivity contribution >= 4 is 40.2 Å². The maximum Gasteiger partial charge on any atom is 0.305 e. The first-order valence-electron chi connectivity index (χ1n) is 8.19. The zero-order valence-electron chi connectivity index (χ0n) is 13.5. The van der Waals surface area contributed by atoms with Crippen LogP contribution in [0.25, 0.3) is 0 Å². The molecule has 1 heterocycles. The molecule has 0 aromatic heterocycles. The molecule has 1 aliphatic rings. The van der Waals surface area contributed by atoms with Gasteiger partial charge < -0.3 is 4.74 Å². The van der Waals surface area contributed by atoms with Gasteiger partial charge in [-0.15, -0.1) is 0 Å². The molecule has 0 aromatic rings. The van der Waals surface area contributed by atoms with Gasteiger partial charge in [-0.3, -0.25) is 14.5 Å². The van der Waals surface area contributed by atoms with Gasteiger partial charge in [-0.2, -0.15) is 0 Å². The van der Waals surface area contributed by atoms with Crippen LogP contribution in [0, 0.1) is 0 Å². The van der Waals surface area contributed by atoms with E-state index in [-0.39, 0.29) is 11.9 Å². The Morgan fingerprint density at radius 3 is 2.14 bits per heavy atom. The molecule has 0 saturated carbocycles. The van der Waals surface area contributed by atoms with Gasteiger partial charge in [0.15, 0.2) is 0 Å². The Labute approximate surface area is 143 Å². The third-order valence-corrected chi connectivity index (χ3v) is 5.26. The van der Waals surface area contributed by atoms with E-state index in [0.29, 0.717) is 12.2 Å². The first kappa shape index (κ1) is 19.4. The highest BCUT2D eigenvalue weighted by Crippen LogP contribution is 2.20. The second kappa shape index (κ2) is 11.9. The van der Waals surface area contributed by atoms with Crippen molar-refractivity contribution in [1.82, 2.24) is 4.90 Å². The number of thiocarbonyl (C=S) groups is 1. The molecule has 0 unspecified atom stereocenters. The van der Waals surface area contributed by atoms with Gasteiger partial charge in [0, 0.05) is 13.0 Å². The lowest BCUT2D eigenvalue weighted by molar-refractivity contribution is -0.140. The van der Waals surface area contributed by atoms with E-state index < -0.39 is 0 Å². The minimum absolute atomic E-state index is 0.102. The lowest BCUT2D eigenvalue weighted by Crippen LogP contribution is -2.29. The van der Waals surface area contributed by atoms with Gasteiger partial charge in [0.25, 0.3) is 0 Å². The third kappa shape index (κ3) is 8.13. The van der Waals surface area contributed by atoms with Crippen LogP contribution in [-0.4, -0.2) is 40.5 Å². The maximum absolute atomic E-state index is 11.5. The standard InChI is InChI=1S/C16H27NO3S2/c1-20-15(19)11-9-7-5-3-2-4-6-8-10-12-17-14(18)13-22-16(17)21/h2-13H2,1H3. The van der Waals surface area contributed by atoms with E-state index in [1.807, 2.05) is 0 Å². The second-order valence-electron chi connectivity index (χ2n) is 5.61. The Bertz CT molecular complexity index is 358. The number of esters is 1. The minimum atomic E-state index is -0.102. The number of amides is 1. The molecular formula is C16H27NO3S2. The Morgan fingerprint density at radius 2 is 1.64 bits per heavy atom. The molecule has 0 spiro atoms. The predicted molar refractivity (Wildman–Crippen MR) is 95.0 cm³/mol. The fourth-order valence-electron chi connectivity index (χ4n) is 2.48. The van der Waals surface area contributed by atoms with Crippen LogP contribution in [0.3, 0.4) is 0 Å².